The second-order valence-corrected chi connectivity index (χ2v) is 7.88. The molecular weight excluding hydrogens is 368 g/mol. The first-order valence-electron chi connectivity index (χ1n) is 6.90. The maximum absolute atomic E-state index is 12.4. The molecule has 7 heteroatoms. The molecule has 2 amide bonds. The van der Waals surface area contributed by atoms with E-state index in [1.807, 2.05) is 45.0 Å². The number of thioether (sulfide) groups is 1. The SMILES string of the molecule is CC(C)(C)OC(=O)N1CSC[C@@H]1C(=O)Nc1ccc(Br)cc1. The molecule has 1 aliphatic heterocycles. The minimum absolute atomic E-state index is 0.196. The van der Waals surface area contributed by atoms with Crippen molar-refractivity contribution in [2.24, 2.45) is 0 Å². The molecule has 2 rings (SSSR count). The van der Waals surface area contributed by atoms with E-state index in [-0.39, 0.29) is 5.91 Å². The number of hydrogen-bond acceptors (Lipinski definition) is 4. The molecule has 1 N–H and O–H groups in total. The minimum atomic E-state index is -0.572. The van der Waals surface area contributed by atoms with Gasteiger partial charge in [-0.25, -0.2) is 4.79 Å². The van der Waals surface area contributed by atoms with Gasteiger partial charge in [0, 0.05) is 15.9 Å². The highest BCUT2D eigenvalue weighted by atomic mass is 79.9. The third-order valence-electron chi connectivity index (χ3n) is 2.92. The lowest BCUT2D eigenvalue weighted by Gasteiger charge is -2.27. The molecule has 0 unspecified atom stereocenters. The van der Waals surface area contributed by atoms with E-state index in [9.17, 15) is 9.59 Å². The molecule has 120 valence electrons. The zero-order valence-corrected chi connectivity index (χ0v) is 15.2. The third kappa shape index (κ3) is 4.64. The molecule has 22 heavy (non-hydrogen) atoms. The van der Waals surface area contributed by atoms with Crippen molar-refractivity contribution in [3.63, 3.8) is 0 Å². The summed E-state index contributed by atoms with van der Waals surface area (Å²) < 4.78 is 6.30. The normalized spacial score (nSPS) is 18.2. The van der Waals surface area contributed by atoms with E-state index in [2.05, 4.69) is 21.2 Å². The number of rotatable bonds is 2. The van der Waals surface area contributed by atoms with E-state index in [0.29, 0.717) is 17.3 Å². The Morgan fingerprint density at radius 2 is 1.95 bits per heavy atom. The van der Waals surface area contributed by atoms with Crippen LogP contribution in [-0.4, -0.2) is 40.2 Å². The molecule has 1 atom stereocenters. The van der Waals surface area contributed by atoms with Gasteiger partial charge in [0.15, 0.2) is 0 Å². The monoisotopic (exact) mass is 386 g/mol. The van der Waals surface area contributed by atoms with Crippen LogP contribution in [0.2, 0.25) is 0 Å². The van der Waals surface area contributed by atoms with Crippen LogP contribution in [0.4, 0.5) is 10.5 Å². The van der Waals surface area contributed by atoms with Gasteiger partial charge in [0.05, 0.1) is 5.88 Å². The van der Waals surface area contributed by atoms with Crippen LogP contribution in [-0.2, 0) is 9.53 Å². The van der Waals surface area contributed by atoms with Crippen molar-refractivity contribution in [3.05, 3.63) is 28.7 Å². The molecule has 1 heterocycles. The van der Waals surface area contributed by atoms with Crippen LogP contribution < -0.4 is 5.32 Å². The summed E-state index contributed by atoms with van der Waals surface area (Å²) in [5.41, 5.74) is 0.131. The number of carbonyl (C=O) groups excluding carboxylic acids is 2. The van der Waals surface area contributed by atoms with Crippen molar-refractivity contribution < 1.29 is 14.3 Å². The number of benzene rings is 1. The summed E-state index contributed by atoms with van der Waals surface area (Å²) >= 11 is 4.89. The average molecular weight is 387 g/mol. The summed E-state index contributed by atoms with van der Waals surface area (Å²) in [4.78, 5) is 26.0. The van der Waals surface area contributed by atoms with E-state index in [0.717, 1.165) is 4.47 Å². The third-order valence-corrected chi connectivity index (χ3v) is 4.47. The Bertz CT molecular complexity index is 557. The number of amides is 2. The molecule has 1 aliphatic rings. The predicted octanol–water partition coefficient (Wildman–Crippen LogP) is 3.70. The zero-order chi connectivity index (χ0) is 16.3. The number of carbonyl (C=O) groups is 2. The molecule has 1 aromatic rings. The van der Waals surface area contributed by atoms with Crippen LogP contribution in [0.3, 0.4) is 0 Å². The smallest absolute Gasteiger partial charge is 0.411 e. The van der Waals surface area contributed by atoms with Gasteiger partial charge in [0.1, 0.15) is 11.6 Å². The number of ether oxygens (including phenoxy) is 1. The lowest BCUT2D eigenvalue weighted by atomic mass is 10.2. The zero-order valence-electron chi connectivity index (χ0n) is 12.8. The average Bonchev–Trinajstić information content (AvgIpc) is 2.89. The molecule has 0 aliphatic carbocycles. The van der Waals surface area contributed by atoms with Gasteiger partial charge in [-0.2, -0.15) is 0 Å². The quantitative estimate of drug-likeness (QED) is 0.841. The molecule has 1 saturated heterocycles. The van der Waals surface area contributed by atoms with Gasteiger partial charge in [-0.3, -0.25) is 9.69 Å². The van der Waals surface area contributed by atoms with Crippen LogP contribution in [0, 0.1) is 0 Å². The Labute approximate surface area is 142 Å². The first-order chi connectivity index (χ1) is 10.3. The minimum Gasteiger partial charge on any atom is -0.444 e. The van der Waals surface area contributed by atoms with Crippen molar-refractivity contribution >= 4 is 45.4 Å². The molecule has 0 spiro atoms. The topological polar surface area (TPSA) is 58.6 Å². The first-order valence-corrected chi connectivity index (χ1v) is 8.85. The van der Waals surface area contributed by atoms with Crippen molar-refractivity contribution in [1.29, 1.82) is 0 Å². The number of anilines is 1. The summed E-state index contributed by atoms with van der Waals surface area (Å²) in [6.45, 7) is 5.43. The van der Waals surface area contributed by atoms with Gasteiger partial charge in [0.25, 0.3) is 0 Å². The summed E-state index contributed by atoms with van der Waals surface area (Å²) in [5, 5.41) is 2.84. The number of nitrogens with one attached hydrogen (secondary N) is 1. The number of hydrogen-bond donors (Lipinski definition) is 1. The van der Waals surface area contributed by atoms with Crippen molar-refractivity contribution in [3.8, 4) is 0 Å². The van der Waals surface area contributed by atoms with Gasteiger partial charge >= 0.3 is 6.09 Å². The molecular formula is C15H19BrN2O3S. The van der Waals surface area contributed by atoms with E-state index in [4.69, 9.17) is 4.74 Å². The van der Waals surface area contributed by atoms with Gasteiger partial charge < -0.3 is 10.1 Å². The Balaban J connectivity index is 2.01. The van der Waals surface area contributed by atoms with Crippen molar-refractivity contribution in [1.82, 2.24) is 4.90 Å². The molecule has 1 aromatic carbocycles. The van der Waals surface area contributed by atoms with Crippen LogP contribution in [0.25, 0.3) is 0 Å². The van der Waals surface area contributed by atoms with Gasteiger partial charge in [-0.1, -0.05) is 15.9 Å². The summed E-state index contributed by atoms with van der Waals surface area (Å²) in [6, 6.07) is 6.81. The van der Waals surface area contributed by atoms with Gasteiger partial charge in [-0.05, 0) is 45.0 Å². The number of halogens is 1. The van der Waals surface area contributed by atoms with Gasteiger partial charge in [0.2, 0.25) is 5.91 Å². The van der Waals surface area contributed by atoms with Crippen LogP contribution >= 0.6 is 27.7 Å². The summed E-state index contributed by atoms with van der Waals surface area (Å²) in [7, 11) is 0. The molecule has 0 saturated carbocycles. The molecule has 5 nitrogen and oxygen atoms in total. The molecule has 0 radical (unpaired) electrons. The second kappa shape index (κ2) is 6.91. The molecule has 1 fully saturated rings. The van der Waals surface area contributed by atoms with E-state index >= 15 is 0 Å². The fourth-order valence-corrected chi connectivity index (χ4v) is 3.33. The fraction of sp³-hybridized carbons (Fsp3) is 0.467. The highest BCUT2D eigenvalue weighted by Gasteiger charge is 2.37. The maximum atomic E-state index is 12.4. The molecule has 0 aromatic heterocycles. The second-order valence-electron chi connectivity index (χ2n) is 5.96. The van der Waals surface area contributed by atoms with Crippen LogP contribution in [0.15, 0.2) is 28.7 Å². The lowest BCUT2D eigenvalue weighted by Crippen LogP contribution is -2.46. The highest BCUT2D eigenvalue weighted by molar-refractivity contribution is 9.10. The van der Waals surface area contributed by atoms with Crippen molar-refractivity contribution in [2.75, 3.05) is 16.9 Å². The lowest BCUT2D eigenvalue weighted by molar-refractivity contribution is -0.120. The molecule has 0 bridgehead atoms. The van der Waals surface area contributed by atoms with E-state index < -0.39 is 17.7 Å². The first kappa shape index (κ1) is 17.1. The summed E-state index contributed by atoms with van der Waals surface area (Å²) in [5.74, 6) is 0.841. The van der Waals surface area contributed by atoms with Gasteiger partial charge in [-0.15, -0.1) is 11.8 Å². The van der Waals surface area contributed by atoms with Crippen molar-refractivity contribution in [2.45, 2.75) is 32.4 Å². The van der Waals surface area contributed by atoms with Crippen LogP contribution in [0.5, 0.6) is 0 Å². The Kier molecular flexibility index (Phi) is 5.39. The Morgan fingerprint density at radius 3 is 2.55 bits per heavy atom. The Hall–Kier alpha value is -1.21. The van der Waals surface area contributed by atoms with E-state index in [1.54, 1.807) is 11.8 Å². The largest absolute Gasteiger partial charge is 0.444 e. The predicted molar refractivity (Wildman–Crippen MR) is 92.0 cm³/mol. The van der Waals surface area contributed by atoms with Crippen LogP contribution in [0.1, 0.15) is 20.8 Å². The fourth-order valence-electron chi connectivity index (χ4n) is 1.92. The summed E-state index contributed by atoms with van der Waals surface area (Å²) in [6.07, 6.45) is -0.451. The van der Waals surface area contributed by atoms with E-state index in [1.165, 1.54) is 4.90 Å². The standard InChI is InChI=1S/C15H19BrN2O3S/c1-15(2,3)21-14(20)18-9-22-8-12(18)13(19)17-11-6-4-10(16)5-7-11/h4-7,12H,8-9H2,1-3H3,(H,17,19)/t12-/m1/s1. The number of nitrogens with zero attached hydrogens (tertiary/aromatic N) is 1. The highest BCUT2D eigenvalue weighted by Crippen LogP contribution is 2.25. The Morgan fingerprint density at radius 1 is 1.32 bits per heavy atom. The maximum Gasteiger partial charge on any atom is 0.411 e.